The fourth-order valence-corrected chi connectivity index (χ4v) is 3.14. The number of nitrogens with zero attached hydrogens (tertiary/aromatic N) is 3. The third kappa shape index (κ3) is 2.10. The maximum absolute atomic E-state index is 11.9. The molecule has 0 unspecified atom stereocenters. The van der Waals surface area contributed by atoms with Crippen LogP contribution in [-0.4, -0.2) is 16.3 Å². The minimum Gasteiger partial charge on any atom is -0.398 e. The number of nitrogens with two attached hydrogens (primary N) is 1. The van der Waals surface area contributed by atoms with Crippen LogP contribution in [-0.2, 0) is 20.0 Å². The van der Waals surface area contributed by atoms with Crippen LogP contribution in [0.15, 0.2) is 33.7 Å². The highest BCUT2D eigenvalue weighted by molar-refractivity contribution is 9.10. The van der Waals surface area contributed by atoms with Crippen LogP contribution in [0.2, 0.25) is 0 Å². The molecule has 0 bridgehead atoms. The zero-order chi connectivity index (χ0) is 14.3. The maximum Gasteiger partial charge on any atom is 0.282 e. The van der Waals surface area contributed by atoms with E-state index in [9.17, 15) is 4.79 Å². The minimum atomic E-state index is -0.130. The molecule has 2 heterocycles. The Morgan fingerprint density at radius 2 is 2.20 bits per heavy atom. The number of halogens is 1. The van der Waals surface area contributed by atoms with Crippen LogP contribution < -0.4 is 16.2 Å². The molecule has 0 spiro atoms. The fourth-order valence-electron chi connectivity index (χ4n) is 2.54. The summed E-state index contributed by atoms with van der Waals surface area (Å²) in [6.45, 7) is 1.55. The number of fused-ring (bicyclic) bond motifs is 1. The molecule has 0 saturated heterocycles. The van der Waals surface area contributed by atoms with Gasteiger partial charge in [-0.2, -0.15) is 5.10 Å². The SMILES string of the molecule is Cn1ncc(N2CCc3cccc(N)c3C2)c(Br)c1=O. The van der Waals surface area contributed by atoms with Gasteiger partial charge in [0.2, 0.25) is 0 Å². The highest BCUT2D eigenvalue weighted by Gasteiger charge is 2.21. The smallest absolute Gasteiger partial charge is 0.282 e. The summed E-state index contributed by atoms with van der Waals surface area (Å²) in [6.07, 6.45) is 2.64. The van der Waals surface area contributed by atoms with Gasteiger partial charge in [0.1, 0.15) is 4.47 Å². The molecule has 5 nitrogen and oxygen atoms in total. The van der Waals surface area contributed by atoms with Crippen molar-refractivity contribution in [3.8, 4) is 0 Å². The van der Waals surface area contributed by atoms with E-state index in [4.69, 9.17) is 5.73 Å². The number of anilines is 2. The number of aryl methyl sites for hydroxylation is 1. The van der Waals surface area contributed by atoms with E-state index in [1.54, 1.807) is 13.2 Å². The maximum atomic E-state index is 11.9. The summed E-state index contributed by atoms with van der Waals surface area (Å²) >= 11 is 3.38. The summed E-state index contributed by atoms with van der Waals surface area (Å²) in [6, 6.07) is 6.01. The Kier molecular flexibility index (Phi) is 3.25. The van der Waals surface area contributed by atoms with Crippen molar-refractivity contribution in [2.75, 3.05) is 17.2 Å². The van der Waals surface area contributed by atoms with E-state index in [1.807, 2.05) is 12.1 Å². The molecule has 2 aromatic rings. The molecular weight excluding hydrogens is 320 g/mol. The molecule has 0 saturated carbocycles. The van der Waals surface area contributed by atoms with E-state index in [1.165, 1.54) is 10.2 Å². The second kappa shape index (κ2) is 4.94. The van der Waals surface area contributed by atoms with E-state index in [-0.39, 0.29) is 5.56 Å². The van der Waals surface area contributed by atoms with Crippen LogP contribution in [0.3, 0.4) is 0 Å². The molecule has 1 aliphatic rings. The van der Waals surface area contributed by atoms with Gasteiger partial charge in [0.25, 0.3) is 5.56 Å². The number of benzene rings is 1. The van der Waals surface area contributed by atoms with E-state index in [2.05, 4.69) is 32.0 Å². The molecule has 1 aromatic carbocycles. The summed E-state index contributed by atoms with van der Waals surface area (Å²) in [7, 11) is 1.64. The largest absolute Gasteiger partial charge is 0.398 e. The summed E-state index contributed by atoms with van der Waals surface area (Å²) in [5.74, 6) is 0. The average Bonchev–Trinajstić information content (AvgIpc) is 2.45. The van der Waals surface area contributed by atoms with Crippen molar-refractivity contribution in [1.82, 2.24) is 9.78 Å². The first-order chi connectivity index (χ1) is 9.58. The number of nitrogen functional groups attached to an aromatic ring is 1. The van der Waals surface area contributed by atoms with Crippen LogP contribution in [0.4, 0.5) is 11.4 Å². The molecule has 3 rings (SSSR count). The van der Waals surface area contributed by atoms with Gasteiger partial charge in [-0.3, -0.25) is 4.79 Å². The summed E-state index contributed by atoms with van der Waals surface area (Å²) in [5.41, 5.74) is 9.98. The molecule has 0 radical (unpaired) electrons. The minimum absolute atomic E-state index is 0.130. The Balaban J connectivity index is 2.01. The third-order valence-electron chi connectivity index (χ3n) is 3.71. The summed E-state index contributed by atoms with van der Waals surface area (Å²) < 4.78 is 1.87. The fraction of sp³-hybridized carbons (Fsp3) is 0.286. The van der Waals surface area contributed by atoms with Gasteiger partial charge in [0, 0.05) is 25.8 Å². The normalized spacial score (nSPS) is 14.2. The highest BCUT2D eigenvalue weighted by atomic mass is 79.9. The van der Waals surface area contributed by atoms with Crippen molar-refractivity contribution in [2.45, 2.75) is 13.0 Å². The standard InChI is InChI=1S/C14H15BrN4O/c1-18-14(20)13(15)12(7-17-18)19-6-5-9-3-2-4-11(16)10(9)8-19/h2-4,7H,5-6,8,16H2,1H3. The van der Waals surface area contributed by atoms with E-state index in [0.29, 0.717) is 11.0 Å². The Morgan fingerprint density at radius 1 is 1.40 bits per heavy atom. The lowest BCUT2D eigenvalue weighted by molar-refractivity contribution is 0.681. The van der Waals surface area contributed by atoms with Crippen molar-refractivity contribution in [1.29, 1.82) is 0 Å². The second-order valence-corrected chi connectivity index (χ2v) is 5.72. The number of aromatic nitrogens is 2. The zero-order valence-electron chi connectivity index (χ0n) is 11.1. The Labute approximate surface area is 125 Å². The average molecular weight is 335 g/mol. The topological polar surface area (TPSA) is 64.2 Å². The molecule has 20 heavy (non-hydrogen) atoms. The summed E-state index contributed by atoms with van der Waals surface area (Å²) in [5, 5.41) is 4.09. The van der Waals surface area contributed by atoms with Gasteiger partial charge < -0.3 is 10.6 Å². The molecule has 0 amide bonds. The molecule has 0 fully saturated rings. The quantitative estimate of drug-likeness (QED) is 0.806. The molecule has 1 aliphatic heterocycles. The van der Waals surface area contributed by atoms with Crippen LogP contribution in [0.1, 0.15) is 11.1 Å². The van der Waals surface area contributed by atoms with E-state index in [0.717, 1.165) is 29.9 Å². The van der Waals surface area contributed by atoms with E-state index < -0.39 is 0 Å². The lowest BCUT2D eigenvalue weighted by Crippen LogP contribution is -2.33. The highest BCUT2D eigenvalue weighted by Crippen LogP contribution is 2.30. The van der Waals surface area contributed by atoms with Gasteiger partial charge in [0.15, 0.2) is 0 Å². The van der Waals surface area contributed by atoms with Crippen LogP contribution >= 0.6 is 15.9 Å². The van der Waals surface area contributed by atoms with Crippen molar-refractivity contribution >= 4 is 27.3 Å². The van der Waals surface area contributed by atoms with Crippen molar-refractivity contribution in [2.24, 2.45) is 7.05 Å². The molecule has 0 aliphatic carbocycles. The Bertz CT molecular complexity index is 726. The number of hydrogen-bond donors (Lipinski definition) is 1. The summed E-state index contributed by atoms with van der Waals surface area (Å²) in [4.78, 5) is 14.1. The predicted octanol–water partition coefficient (Wildman–Crippen LogP) is 1.69. The van der Waals surface area contributed by atoms with Gasteiger partial charge in [0.05, 0.1) is 11.9 Å². The first kappa shape index (κ1) is 13.2. The third-order valence-corrected chi connectivity index (χ3v) is 4.46. The van der Waals surface area contributed by atoms with E-state index >= 15 is 0 Å². The zero-order valence-corrected chi connectivity index (χ0v) is 12.7. The van der Waals surface area contributed by atoms with Crippen LogP contribution in [0.25, 0.3) is 0 Å². The van der Waals surface area contributed by atoms with Gasteiger partial charge >= 0.3 is 0 Å². The monoisotopic (exact) mass is 334 g/mol. The van der Waals surface area contributed by atoms with Crippen molar-refractivity contribution in [3.63, 3.8) is 0 Å². The molecule has 2 N–H and O–H groups in total. The Morgan fingerprint density at radius 3 is 3.00 bits per heavy atom. The van der Waals surface area contributed by atoms with Gasteiger partial charge in [-0.05, 0) is 39.5 Å². The second-order valence-electron chi connectivity index (χ2n) is 4.93. The number of hydrogen-bond acceptors (Lipinski definition) is 4. The molecular formula is C14H15BrN4O. The van der Waals surface area contributed by atoms with Gasteiger partial charge in [-0.1, -0.05) is 12.1 Å². The first-order valence-electron chi connectivity index (χ1n) is 6.41. The van der Waals surface area contributed by atoms with Crippen molar-refractivity contribution < 1.29 is 0 Å². The van der Waals surface area contributed by atoms with Crippen molar-refractivity contribution in [3.05, 3.63) is 50.3 Å². The van der Waals surface area contributed by atoms with Crippen LogP contribution in [0.5, 0.6) is 0 Å². The Hall–Kier alpha value is -1.82. The molecule has 1 aromatic heterocycles. The van der Waals surface area contributed by atoms with Gasteiger partial charge in [-0.25, -0.2) is 4.68 Å². The number of rotatable bonds is 1. The lowest BCUT2D eigenvalue weighted by Gasteiger charge is -2.31. The first-order valence-corrected chi connectivity index (χ1v) is 7.20. The molecule has 104 valence electrons. The van der Waals surface area contributed by atoms with Crippen LogP contribution in [0, 0.1) is 0 Å². The predicted molar refractivity (Wildman–Crippen MR) is 82.8 cm³/mol. The lowest BCUT2D eigenvalue weighted by atomic mass is 9.98. The molecule has 6 heteroatoms. The molecule has 0 atom stereocenters. The van der Waals surface area contributed by atoms with Gasteiger partial charge in [-0.15, -0.1) is 0 Å².